The van der Waals surface area contributed by atoms with E-state index in [0.717, 1.165) is 30.8 Å². The summed E-state index contributed by atoms with van der Waals surface area (Å²) >= 11 is 0. The lowest BCUT2D eigenvalue weighted by Crippen LogP contribution is -2.37. The summed E-state index contributed by atoms with van der Waals surface area (Å²) in [4.78, 5) is 12.9. The van der Waals surface area contributed by atoms with Gasteiger partial charge in [-0.1, -0.05) is 6.07 Å². The van der Waals surface area contributed by atoms with Crippen molar-refractivity contribution < 1.29 is 4.79 Å². The lowest BCUT2D eigenvalue weighted by Gasteiger charge is -2.30. The number of aryl methyl sites for hydroxylation is 1. The summed E-state index contributed by atoms with van der Waals surface area (Å²) < 4.78 is 0. The van der Waals surface area contributed by atoms with E-state index in [4.69, 9.17) is 11.5 Å². The molecule has 0 aliphatic carbocycles. The molecule has 0 saturated carbocycles. The second-order valence-electron chi connectivity index (χ2n) is 3.88. The van der Waals surface area contributed by atoms with Crippen LogP contribution in [0.1, 0.15) is 12.0 Å². The van der Waals surface area contributed by atoms with E-state index in [1.807, 2.05) is 23.1 Å². The minimum absolute atomic E-state index is 0.274. The Kier molecular flexibility index (Phi) is 2.49. The third-order valence-corrected chi connectivity index (χ3v) is 2.67. The lowest BCUT2D eigenvalue weighted by molar-refractivity contribution is -0.116. The number of anilines is 2. The molecule has 1 aliphatic heterocycles. The van der Waals surface area contributed by atoms with Gasteiger partial charge in [0.1, 0.15) is 0 Å². The molecule has 0 radical (unpaired) electrons. The van der Waals surface area contributed by atoms with Crippen molar-refractivity contribution in [2.45, 2.75) is 12.8 Å². The molecular weight excluding hydrogens is 190 g/mol. The molecule has 0 unspecified atom stereocenters. The number of hydrogen-bond acceptors (Lipinski definition) is 3. The Morgan fingerprint density at radius 1 is 1.47 bits per heavy atom. The largest absolute Gasteiger partial charge is 0.399 e. The number of primary amides is 1. The first kappa shape index (κ1) is 9.83. The average molecular weight is 205 g/mol. The number of rotatable bonds is 2. The monoisotopic (exact) mass is 205 g/mol. The summed E-state index contributed by atoms with van der Waals surface area (Å²) in [6.07, 6.45) is 2.11. The van der Waals surface area contributed by atoms with E-state index in [0.29, 0.717) is 0 Å². The second kappa shape index (κ2) is 3.81. The van der Waals surface area contributed by atoms with Gasteiger partial charge in [0, 0.05) is 17.9 Å². The Hall–Kier alpha value is -1.71. The SMILES string of the molecule is NC(=O)CN1CCCc2ccc(N)cc21. The number of nitrogens with two attached hydrogens (primary N) is 2. The highest BCUT2D eigenvalue weighted by atomic mass is 16.1. The van der Waals surface area contributed by atoms with Gasteiger partial charge in [0.05, 0.1) is 6.54 Å². The van der Waals surface area contributed by atoms with Crippen molar-refractivity contribution in [3.63, 3.8) is 0 Å². The molecular formula is C11H15N3O. The molecule has 1 aromatic carbocycles. The van der Waals surface area contributed by atoms with Crippen LogP contribution >= 0.6 is 0 Å². The topological polar surface area (TPSA) is 72.4 Å². The van der Waals surface area contributed by atoms with Crippen molar-refractivity contribution in [3.8, 4) is 0 Å². The highest BCUT2D eigenvalue weighted by Gasteiger charge is 2.17. The third-order valence-electron chi connectivity index (χ3n) is 2.67. The smallest absolute Gasteiger partial charge is 0.236 e. The molecule has 80 valence electrons. The quantitative estimate of drug-likeness (QED) is 0.691. The number of amides is 1. The molecule has 2 rings (SSSR count). The number of nitrogens with zero attached hydrogens (tertiary/aromatic N) is 1. The highest BCUT2D eigenvalue weighted by Crippen LogP contribution is 2.28. The van der Waals surface area contributed by atoms with Crippen LogP contribution in [0.15, 0.2) is 18.2 Å². The van der Waals surface area contributed by atoms with Crippen molar-refractivity contribution >= 4 is 17.3 Å². The maximum Gasteiger partial charge on any atom is 0.236 e. The number of hydrogen-bond donors (Lipinski definition) is 2. The van der Waals surface area contributed by atoms with Gasteiger partial charge in [0.25, 0.3) is 0 Å². The normalized spacial score (nSPS) is 14.8. The number of carbonyl (C=O) groups excluding carboxylic acids is 1. The minimum Gasteiger partial charge on any atom is -0.399 e. The molecule has 1 aliphatic rings. The van der Waals surface area contributed by atoms with E-state index in [9.17, 15) is 4.79 Å². The molecule has 0 spiro atoms. The Bertz CT molecular complexity index is 389. The number of benzene rings is 1. The predicted molar refractivity (Wildman–Crippen MR) is 60.6 cm³/mol. The van der Waals surface area contributed by atoms with Gasteiger partial charge in [-0.3, -0.25) is 4.79 Å². The number of carbonyl (C=O) groups is 1. The van der Waals surface area contributed by atoms with Crippen molar-refractivity contribution in [2.24, 2.45) is 5.73 Å². The molecule has 0 atom stereocenters. The van der Waals surface area contributed by atoms with Crippen LogP contribution in [-0.4, -0.2) is 19.0 Å². The second-order valence-corrected chi connectivity index (χ2v) is 3.88. The van der Waals surface area contributed by atoms with Crippen LogP contribution in [0.2, 0.25) is 0 Å². The zero-order valence-electron chi connectivity index (χ0n) is 8.57. The first-order valence-electron chi connectivity index (χ1n) is 5.08. The molecule has 0 bridgehead atoms. The molecule has 1 heterocycles. The van der Waals surface area contributed by atoms with E-state index in [1.165, 1.54) is 5.56 Å². The first-order valence-corrected chi connectivity index (χ1v) is 5.08. The predicted octanol–water partition coefficient (Wildman–Crippen LogP) is 0.507. The van der Waals surface area contributed by atoms with E-state index < -0.39 is 0 Å². The van der Waals surface area contributed by atoms with Crippen LogP contribution in [0.5, 0.6) is 0 Å². The van der Waals surface area contributed by atoms with Crippen molar-refractivity contribution in [3.05, 3.63) is 23.8 Å². The zero-order chi connectivity index (χ0) is 10.8. The molecule has 0 saturated heterocycles. The van der Waals surface area contributed by atoms with Crippen LogP contribution in [0.4, 0.5) is 11.4 Å². The van der Waals surface area contributed by atoms with Crippen molar-refractivity contribution in [2.75, 3.05) is 23.7 Å². The van der Waals surface area contributed by atoms with Crippen LogP contribution < -0.4 is 16.4 Å². The van der Waals surface area contributed by atoms with Gasteiger partial charge in [0.2, 0.25) is 5.91 Å². The molecule has 0 fully saturated rings. The van der Waals surface area contributed by atoms with Gasteiger partial charge in [-0.15, -0.1) is 0 Å². The fourth-order valence-corrected chi connectivity index (χ4v) is 2.02. The molecule has 1 amide bonds. The van der Waals surface area contributed by atoms with Crippen LogP contribution in [0.25, 0.3) is 0 Å². The van der Waals surface area contributed by atoms with Gasteiger partial charge >= 0.3 is 0 Å². The summed E-state index contributed by atoms with van der Waals surface area (Å²) in [6.45, 7) is 1.15. The molecule has 1 aromatic rings. The standard InChI is InChI=1S/C11H15N3O/c12-9-4-3-8-2-1-5-14(7-11(13)15)10(8)6-9/h3-4,6H,1-2,5,7,12H2,(H2,13,15). The Labute approximate surface area is 88.9 Å². The average Bonchev–Trinajstić information content (AvgIpc) is 2.18. The number of fused-ring (bicyclic) bond motifs is 1. The number of nitrogen functional groups attached to an aromatic ring is 1. The minimum atomic E-state index is -0.301. The maximum atomic E-state index is 10.9. The summed E-state index contributed by atoms with van der Waals surface area (Å²) in [5.74, 6) is -0.301. The van der Waals surface area contributed by atoms with Gasteiger partial charge in [0.15, 0.2) is 0 Å². The first-order chi connectivity index (χ1) is 7.16. The summed E-state index contributed by atoms with van der Waals surface area (Å²) in [6, 6.07) is 5.84. The zero-order valence-corrected chi connectivity index (χ0v) is 8.57. The van der Waals surface area contributed by atoms with Gasteiger partial charge in [-0.2, -0.15) is 0 Å². The van der Waals surface area contributed by atoms with Crippen LogP contribution in [-0.2, 0) is 11.2 Å². The molecule has 0 aromatic heterocycles. The van der Waals surface area contributed by atoms with Gasteiger partial charge in [-0.25, -0.2) is 0 Å². The Morgan fingerprint density at radius 2 is 2.27 bits per heavy atom. The molecule has 15 heavy (non-hydrogen) atoms. The summed E-state index contributed by atoms with van der Waals surface area (Å²) in [5.41, 5.74) is 14.0. The van der Waals surface area contributed by atoms with Gasteiger partial charge in [-0.05, 0) is 30.5 Å². The third kappa shape index (κ3) is 2.03. The van der Waals surface area contributed by atoms with E-state index >= 15 is 0 Å². The lowest BCUT2D eigenvalue weighted by atomic mass is 10.0. The van der Waals surface area contributed by atoms with Crippen LogP contribution in [0.3, 0.4) is 0 Å². The molecule has 4 nitrogen and oxygen atoms in total. The summed E-state index contributed by atoms with van der Waals surface area (Å²) in [5, 5.41) is 0. The van der Waals surface area contributed by atoms with Crippen LogP contribution in [0, 0.1) is 0 Å². The van der Waals surface area contributed by atoms with Gasteiger partial charge < -0.3 is 16.4 Å². The van der Waals surface area contributed by atoms with E-state index in [1.54, 1.807) is 0 Å². The Morgan fingerprint density at radius 3 is 3.00 bits per heavy atom. The van der Waals surface area contributed by atoms with Crippen molar-refractivity contribution in [1.82, 2.24) is 0 Å². The van der Waals surface area contributed by atoms with E-state index in [-0.39, 0.29) is 12.5 Å². The van der Waals surface area contributed by atoms with E-state index in [2.05, 4.69) is 0 Å². The fourth-order valence-electron chi connectivity index (χ4n) is 2.02. The Balaban J connectivity index is 2.32. The molecule has 4 heteroatoms. The maximum absolute atomic E-state index is 10.9. The fraction of sp³-hybridized carbons (Fsp3) is 0.364. The molecule has 4 N–H and O–H groups in total. The summed E-state index contributed by atoms with van der Waals surface area (Å²) in [7, 11) is 0. The van der Waals surface area contributed by atoms with Crippen molar-refractivity contribution in [1.29, 1.82) is 0 Å². The highest BCUT2D eigenvalue weighted by molar-refractivity contribution is 5.80.